The molecule has 1 amide bonds. The third-order valence-electron chi connectivity index (χ3n) is 5.90. The van der Waals surface area contributed by atoms with E-state index in [1.807, 2.05) is 13.0 Å². The average Bonchev–Trinajstić information content (AvgIpc) is 3.10. The van der Waals surface area contributed by atoms with Gasteiger partial charge in [0.1, 0.15) is 17.6 Å². The Kier molecular flexibility index (Phi) is 7.36. The van der Waals surface area contributed by atoms with Crippen LogP contribution < -0.4 is 4.74 Å². The number of ether oxygens (including phenoxy) is 2. The third-order valence-corrected chi connectivity index (χ3v) is 5.90. The number of rotatable bonds is 8. The predicted octanol–water partition coefficient (Wildman–Crippen LogP) is 2.62. The first-order valence-electron chi connectivity index (χ1n) is 11.3. The van der Waals surface area contributed by atoms with Crippen LogP contribution in [-0.4, -0.2) is 77.6 Å². The molecule has 2 fully saturated rings. The molecule has 1 aromatic carbocycles. The Morgan fingerprint density at radius 2 is 1.97 bits per heavy atom. The number of ketones is 1. The van der Waals surface area contributed by atoms with Crippen molar-refractivity contribution in [2.75, 3.05) is 46.0 Å². The number of Topliss-reactive ketones (excluding diaryl/α,β-unsaturated/α-hetero) is 1. The molecule has 1 unspecified atom stereocenters. The van der Waals surface area contributed by atoms with Gasteiger partial charge < -0.3 is 19.5 Å². The summed E-state index contributed by atoms with van der Waals surface area (Å²) in [5, 5.41) is 11.2. The molecule has 0 aliphatic carbocycles. The summed E-state index contributed by atoms with van der Waals surface area (Å²) >= 11 is 0. The van der Waals surface area contributed by atoms with Crippen LogP contribution in [-0.2, 0) is 14.3 Å². The van der Waals surface area contributed by atoms with Gasteiger partial charge in [-0.3, -0.25) is 19.5 Å². The van der Waals surface area contributed by atoms with E-state index in [0.29, 0.717) is 49.8 Å². The Bertz CT molecular complexity index is 1020. The summed E-state index contributed by atoms with van der Waals surface area (Å²) in [6, 6.07) is 11.5. The summed E-state index contributed by atoms with van der Waals surface area (Å²) in [4.78, 5) is 34.4. The SMILES string of the molecule is CCOc1cccc(/C(O)=C2\C(=O)C(=O)N(CCCN3CCOCC3)C2c2ccccn2)c1. The largest absolute Gasteiger partial charge is 0.507 e. The molecule has 3 heterocycles. The van der Waals surface area contributed by atoms with Gasteiger partial charge in [-0.2, -0.15) is 0 Å². The summed E-state index contributed by atoms with van der Waals surface area (Å²) in [6.45, 7) is 6.67. The van der Waals surface area contributed by atoms with Gasteiger partial charge >= 0.3 is 0 Å². The van der Waals surface area contributed by atoms with E-state index in [0.717, 1.165) is 19.6 Å². The first kappa shape index (κ1) is 22.9. The molecule has 0 saturated carbocycles. The summed E-state index contributed by atoms with van der Waals surface area (Å²) in [5.41, 5.74) is 1.03. The van der Waals surface area contributed by atoms with E-state index < -0.39 is 17.7 Å². The van der Waals surface area contributed by atoms with Crippen molar-refractivity contribution in [1.82, 2.24) is 14.8 Å². The highest BCUT2D eigenvalue weighted by Gasteiger charge is 2.46. The van der Waals surface area contributed by atoms with Crippen molar-refractivity contribution in [1.29, 1.82) is 0 Å². The number of amides is 1. The molecule has 2 saturated heterocycles. The average molecular weight is 452 g/mol. The Morgan fingerprint density at radius 1 is 1.15 bits per heavy atom. The number of benzene rings is 1. The number of aliphatic hydroxyl groups is 1. The zero-order valence-electron chi connectivity index (χ0n) is 18.8. The Labute approximate surface area is 193 Å². The highest BCUT2D eigenvalue weighted by molar-refractivity contribution is 6.46. The number of pyridine rings is 1. The van der Waals surface area contributed by atoms with Gasteiger partial charge in [-0.25, -0.2) is 0 Å². The minimum Gasteiger partial charge on any atom is -0.507 e. The maximum absolute atomic E-state index is 13.1. The highest BCUT2D eigenvalue weighted by atomic mass is 16.5. The monoisotopic (exact) mass is 451 g/mol. The number of carbonyl (C=O) groups excluding carboxylic acids is 2. The van der Waals surface area contributed by atoms with E-state index in [2.05, 4.69) is 9.88 Å². The van der Waals surface area contributed by atoms with Crippen LogP contribution in [0.3, 0.4) is 0 Å². The minimum absolute atomic E-state index is 0.0544. The van der Waals surface area contributed by atoms with Crippen molar-refractivity contribution in [2.45, 2.75) is 19.4 Å². The molecule has 1 aromatic heterocycles. The molecule has 2 aromatic rings. The molecule has 1 N–H and O–H groups in total. The van der Waals surface area contributed by atoms with E-state index >= 15 is 0 Å². The van der Waals surface area contributed by atoms with Crippen LogP contribution in [0.5, 0.6) is 5.75 Å². The third kappa shape index (κ3) is 5.07. The zero-order chi connectivity index (χ0) is 23.2. The maximum atomic E-state index is 13.1. The number of morpholine rings is 1. The summed E-state index contributed by atoms with van der Waals surface area (Å²) in [7, 11) is 0. The number of aliphatic hydroxyl groups excluding tert-OH is 1. The summed E-state index contributed by atoms with van der Waals surface area (Å²) in [5.74, 6) is -0.955. The predicted molar refractivity (Wildman–Crippen MR) is 123 cm³/mol. The van der Waals surface area contributed by atoms with Gasteiger partial charge in [-0.15, -0.1) is 0 Å². The van der Waals surface area contributed by atoms with Crippen LogP contribution in [0.15, 0.2) is 54.2 Å². The van der Waals surface area contributed by atoms with Crippen LogP contribution in [0, 0.1) is 0 Å². The number of likely N-dealkylation sites (tertiary alicyclic amines) is 1. The van der Waals surface area contributed by atoms with Crippen LogP contribution >= 0.6 is 0 Å². The number of nitrogens with zero attached hydrogens (tertiary/aromatic N) is 3. The molecule has 0 bridgehead atoms. The molecule has 0 radical (unpaired) electrons. The van der Waals surface area contributed by atoms with Crippen LogP contribution in [0.25, 0.3) is 5.76 Å². The van der Waals surface area contributed by atoms with Crippen molar-refractivity contribution in [3.05, 3.63) is 65.5 Å². The minimum atomic E-state index is -0.744. The fourth-order valence-electron chi connectivity index (χ4n) is 4.30. The molecule has 1 atom stereocenters. The summed E-state index contributed by atoms with van der Waals surface area (Å²) < 4.78 is 10.9. The normalized spacial score (nSPS) is 20.9. The van der Waals surface area contributed by atoms with Crippen LogP contribution in [0.2, 0.25) is 0 Å². The van der Waals surface area contributed by atoms with Crippen molar-refractivity contribution in [3.63, 3.8) is 0 Å². The van der Waals surface area contributed by atoms with E-state index in [9.17, 15) is 14.7 Å². The van der Waals surface area contributed by atoms with Gasteiger partial charge in [0.2, 0.25) is 0 Å². The summed E-state index contributed by atoms with van der Waals surface area (Å²) in [6.07, 6.45) is 2.33. The van der Waals surface area contributed by atoms with Crippen molar-refractivity contribution in [3.8, 4) is 5.75 Å². The number of hydrogen-bond acceptors (Lipinski definition) is 7. The maximum Gasteiger partial charge on any atom is 0.295 e. The second kappa shape index (κ2) is 10.6. The highest BCUT2D eigenvalue weighted by Crippen LogP contribution is 2.39. The first-order valence-corrected chi connectivity index (χ1v) is 11.3. The van der Waals surface area contributed by atoms with E-state index in [1.54, 1.807) is 42.6 Å². The Morgan fingerprint density at radius 3 is 2.70 bits per heavy atom. The fourth-order valence-corrected chi connectivity index (χ4v) is 4.30. The standard InChI is InChI=1S/C25H29N3O5/c1-2-33-19-8-5-7-18(17-19)23(29)21-22(20-9-3-4-10-26-20)28(25(31)24(21)30)12-6-11-27-13-15-32-16-14-27/h3-5,7-10,17,22,29H,2,6,11-16H2,1H3/b23-21+. The lowest BCUT2D eigenvalue weighted by atomic mass is 9.98. The van der Waals surface area contributed by atoms with Gasteiger partial charge in [0.25, 0.3) is 11.7 Å². The van der Waals surface area contributed by atoms with Crippen molar-refractivity contribution < 1.29 is 24.2 Å². The van der Waals surface area contributed by atoms with Crippen molar-refractivity contribution in [2.24, 2.45) is 0 Å². The molecule has 8 nitrogen and oxygen atoms in total. The van der Waals surface area contributed by atoms with Gasteiger partial charge in [0, 0.05) is 37.9 Å². The molecule has 174 valence electrons. The molecular weight excluding hydrogens is 422 g/mol. The smallest absolute Gasteiger partial charge is 0.295 e. The molecule has 0 spiro atoms. The van der Waals surface area contributed by atoms with E-state index in [-0.39, 0.29) is 11.3 Å². The molecule has 33 heavy (non-hydrogen) atoms. The Hall–Kier alpha value is -3.23. The molecule has 4 rings (SSSR count). The first-order chi connectivity index (χ1) is 16.1. The lowest BCUT2D eigenvalue weighted by Gasteiger charge is -2.28. The number of aromatic nitrogens is 1. The van der Waals surface area contributed by atoms with Crippen LogP contribution in [0.4, 0.5) is 0 Å². The van der Waals surface area contributed by atoms with Crippen molar-refractivity contribution >= 4 is 17.4 Å². The topological polar surface area (TPSA) is 92.2 Å². The molecule has 2 aliphatic rings. The van der Waals surface area contributed by atoms with E-state index in [4.69, 9.17) is 9.47 Å². The van der Waals surface area contributed by atoms with Gasteiger partial charge in [0.05, 0.1) is 31.1 Å². The Balaban J connectivity index is 1.65. The fraction of sp³-hybridized carbons (Fsp3) is 0.400. The van der Waals surface area contributed by atoms with Gasteiger partial charge in [-0.1, -0.05) is 18.2 Å². The molecule has 8 heteroatoms. The second-order valence-electron chi connectivity index (χ2n) is 8.02. The van der Waals surface area contributed by atoms with Gasteiger partial charge in [0.15, 0.2) is 0 Å². The van der Waals surface area contributed by atoms with Gasteiger partial charge in [-0.05, 0) is 37.6 Å². The second-order valence-corrected chi connectivity index (χ2v) is 8.02. The lowest BCUT2D eigenvalue weighted by Crippen LogP contribution is -2.39. The molecule has 2 aliphatic heterocycles. The number of carbonyl (C=O) groups is 2. The lowest BCUT2D eigenvalue weighted by molar-refractivity contribution is -0.140. The quantitative estimate of drug-likeness (QED) is 0.375. The van der Waals surface area contributed by atoms with Crippen LogP contribution in [0.1, 0.15) is 30.6 Å². The molecular formula is C25H29N3O5. The van der Waals surface area contributed by atoms with E-state index in [1.165, 1.54) is 4.90 Å². The zero-order valence-corrected chi connectivity index (χ0v) is 18.8. The number of hydrogen-bond donors (Lipinski definition) is 1.